The molecule has 1 aromatic carbocycles. The van der Waals surface area contributed by atoms with Gasteiger partial charge in [-0.05, 0) is 37.9 Å². The van der Waals surface area contributed by atoms with Crippen LogP contribution in [-0.2, 0) is 14.4 Å². The van der Waals surface area contributed by atoms with E-state index >= 15 is 0 Å². The zero-order chi connectivity index (χ0) is 13.8. The Kier molecular flexibility index (Phi) is 4.18. The van der Waals surface area contributed by atoms with Crippen LogP contribution in [-0.4, -0.2) is 32.3 Å². The van der Waals surface area contributed by atoms with E-state index in [4.69, 9.17) is 14.5 Å². The molecule has 2 heterocycles. The van der Waals surface area contributed by atoms with Gasteiger partial charge in [0.2, 0.25) is 0 Å². The number of carbonyl (C=O) groups is 1. The van der Waals surface area contributed by atoms with Gasteiger partial charge in [-0.2, -0.15) is 4.89 Å². The summed E-state index contributed by atoms with van der Waals surface area (Å²) in [7, 11) is 0. The number of ether oxygens (including phenoxy) is 1. The number of benzene rings is 1. The molecule has 0 radical (unpaired) electrons. The highest BCUT2D eigenvalue weighted by Crippen LogP contribution is 2.32. The predicted molar refractivity (Wildman–Crippen MR) is 72.3 cm³/mol. The number of fused-ring (bicyclic) bond motifs is 1. The Hall–Kier alpha value is -1.59. The van der Waals surface area contributed by atoms with Gasteiger partial charge in [0.25, 0.3) is 0 Å². The SMILES string of the molecule is O=C(OCC1CCNCC1)C1COOc2ccccc21. The maximum atomic E-state index is 12.2. The largest absolute Gasteiger partial charge is 0.465 e. The van der Waals surface area contributed by atoms with Gasteiger partial charge in [-0.25, -0.2) is 0 Å². The Bertz CT molecular complexity index is 471. The molecule has 1 N–H and O–H groups in total. The van der Waals surface area contributed by atoms with Gasteiger partial charge in [-0.3, -0.25) is 4.79 Å². The summed E-state index contributed by atoms with van der Waals surface area (Å²) in [4.78, 5) is 22.3. The minimum Gasteiger partial charge on any atom is -0.465 e. The summed E-state index contributed by atoms with van der Waals surface area (Å²) in [6.07, 6.45) is 2.13. The smallest absolute Gasteiger partial charge is 0.316 e. The van der Waals surface area contributed by atoms with Crippen molar-refractivity contribution in [3.8, 4) is 5.75 Å². The third kappa shape index (κ3) is 2.94. The molecule has 1 fully saturated rings. The number of hydrogen-bond donors (Lipinski definition) is 1. The Labute approximate surface area is 118 Å². The first kappa shape index (κ1) is 13.4. The molecule has 0 amide bonds. The monoisotopic (exact) mass is 277 g/mol. The van der Waals surface area contributed by atoms with Gasteiger partial charge in [-0.1, -0.05) is 18.2 Å². The molecule has 1 aromatic rings. The van der Waals surface area contributed by atoms with Crippen molar-refractivity contribution in [1.82, 2.24) is 5.32 Å². The third-order valence-corrected chi connectivity index (χ3v) is 3.88. The summed E-state index contributed by atoms with van der Waals surface area (Å²) in [6, 6.07) is 7.42. The molecule has 5 nitrogen and oxygen atoms in total. The molecule has 2 aliphatic heterocycles. The topological polar surface area (TPSA) is 56.8 Å². The fourth-order valence-corrected chi connectivity index (χ4v) is 2.64. The lowest BCUT2D eigenvalue weighted by atomic mass is 9.97. The molecule has 0 saturated carbocycles. The summed E-state index contributed by atoms with van der Waals surface area (Å²) in [5.41, 5.74) is 0.842. The van der Waals surface area contributed by atoms with Gasteiger partial charge < -0.3 is 14.9 Å². The minimum absolute atomic E-state index is 0.210. The van der Waals surface area contributed by atoms with Crippen molar-refractivity contribution in [1.29, 1.82) is 0 Å². The van der Waals surface area contributed by atoms with E-state index in [2.05, 4.69) is 5.32 Å². The van der Waals surface area contributed by atoms with Crippen molar-refractivity contribution in [2.75, 3.05) is 26.3 Å². The van der Waals surface area contributed by atoms with Crippen LogP contribution in [0.4, 0.5) is 0 Å². The number of para-hydroxylation sites is 1. The summed E-state index contributed by atoms with van der Waals surface area (Å²) >= 11 is 0. The van der Waals surface area contributed by atoms with E-state index in [1.807, 2.05) is 18.2 Å². The first-order valence-corrected chi connectivity index (χ1v) is 7.10. The van der Waals surface area contributed by atoms with Crippen LogP contribution in [0.15, 0.2) is 24.3 Å². The molecule has 0 aliphatic carbocycles. The Morgan fingerprint density at radius 1 is 1.30 bits per heavy atom. The van der Waals surface area contributed by atoms with Crippen LogP contribution in [0.2, 0.25) is 0 Å². The Morgan fingerprint density at radius 3 is 2.95 bits per heavy atom. The van der Waals surface area contributed by atoms with Crippen LogP contribution in [0, 0.1) is 5.92 Å². The number of rotatable bonds is 3. The van der Waals surface area contributed by atoms with E-state index in [1.54, 1.807) is 6.07 Å². The van der Waals surface area contributed by atoms with Crippen LogP contribution >= 0.6 is 0 Å². The molecular weight excluding hydrogens is 258 g/mol. The molecule has 1 unspecified atom stereocenters. The zero-order valence-corrected chi connectivity index (χ0v) is 11.3. The van der Waals surface area contributed by atoms with Crippen LogP contribution in [0.1, 0.15) is 24.3 Å². The van der Waals surface area contributed by atoms with Crippen molar-refractivity contribution in [3.05, 3.63) is 29.8 Å². The van der Waals surface area contributed by atoms with Crippen molar-refractivity contribution < 1.29 is 19.3 Å². The van der Waals surface area contributed by atoms with Crippen molar-refractivity contribution in [3.63, 3.8) is 0 Å². The Morgan fingerprint density at radius 2 is 2.10 bits per heavy atom. The van der Waals surface area contributed by atoms with E-state index in [0.717, 1.165) is 31.5 Å². The highest BCUT2D eigenvalue weighted by molar-refractivity contribution is 5.79. The molecule has 1 saturated heterocycles. The fraction of sp³-hybridized carbons (Fsp3) is 0.533. The minimum atomic E-state index is -0.387. The summed E-state index contributed by atoms with van der Waals surface area (Å²) in [5, 5.41) is 3.30. The number of piperidine rings is 1. The fourth-order valence-electron chi connectivity index (χ4n) is 2.64. The summed E-state index contributed by atoms with van der Waals surface area (Å²) < 4.78 is 5.48. The summed E-state index contributed by atoms with van der Waals surface area (Å²) in [6.45, 7) is 2.72. The number of nitrogens with one attached hydrogen (secondary N) is 1. The second-order valence-electron chi connectivity index (χ2n) is 5.28. The number of esters is 1. The number of carbonyl (C=O) groups excluding carboxylic acids is 1. The van der Waals surface area contributed by atoms with E-state index in [-0.39, 0.29) is 18.5 Å². The first-order chi connectivity index (χ1) is 9.84. The van der Waals surface area contributed by atoms with Gasteiger partial charge in [0, 0.05) is 5.56 Å². The molecule has 3 rings (SSSR count). The van der Waals surface area contributed by atoms with Gasteiger partial charge in [0.15, 0.2) is 5.75 Å². The second-order valence-corrected chi connectivity index (χ2v) is 5.28. The van der Waals surface area contributed by atoms with E-state index in [0.29, 0.717) is 18.3 Å². The van der Waals surface area contributed by atoms with E-state index in [1.165, 1.54) is 0 Å². The van der Waals surface area contributed by atoms with Gasteiger partial charge >= 0.3 is 5.97 Å². The molecule has 0 spiro atoms. The molecule has 2 aliphatic rings. The normalized spacial score (nSPS) is 22.7. The van der Waals surface area contributed by atoms with E-state index < -0.39 is 0 Å². The predicted octanol–water partition coefficient (Wildman–Crippen LogP) is 1.64. The maximum Gasteiger partial charge on any atom is 0.316 e. The molecule has 1 atom stereocenters. The molecule has 20 heavy (non-hydrogen) atoms. The van der Waals surface area contributed by atoms with Crippen molar-refractivity contribution in [2.24, 2.45) is 5.92 Å². The summed E-state index contributed by atoms with van der Waals surface area (Å²) in [5.74, 6) is 0.458. The zero-order valence-electron chi connectivity index (χ0n) is 11.3. The lowest BCUT2D eigenvalue weighted by Gasteiger charge is -2.25. The van der Waals surface area contributed by atoms with Crippen LogP contribution < -0.4 is 10.2 Å². The maximum absolute atomic E-state index is 12.2. The molecule has 0 aromatic heterocycles. The van der Waals surface area contributed by atoms with Gasteiger partial charge in [-0.15, -0.1) is 0 Å². The molecule has 5 heteroatoms. The quantitative estimate of drug-likeness (QED) is 0.672. The van der Waals surface area contributed by atoms with Crippen LogP contribution in [0.3, 0.4) is 0 Å². The average Bonchev–Trinajstić information content (AvgIpc) is 2.53. The average molecular weight is 277 g/mol. The third-order valence-electron chi connectivity index (χ3n) is 3.88. The number of hydrogen-bond acceptors (Lipinski definition) is 5. The van der Waals surface area contributed by atoms with Gasteiger partial charge in [0.05, 0.1) is 6.61 Å². The highest BCUT2D eigenvalue weighted by atomic mass is 17.2. The standard InChI is InChI=1S/C15H19NO4/c17-15(18-9-11-5-7-16-8-6-11)13-10-19-20-14-4-2-1-3-12(13)14/h1-4,11,13,16H,5-10H2. The molecule has 0 bridgehead atoms. The Balaban J connectivity index is 1.60. The van der Waals surface area contributed by atoms with Crippen LogP contribution in [0.5, 0.6) is 5.75 Å². The lowest BCUT2D eigenvalue weighted by molar-refractivity contribution is -0.224. The first-order valence-electron chi connectivity index (χ1n) is 7.10. The van der Waals surface area contributed by atoms with Crippen molar-refractivity contribution >= 4 is 5.97 Å². The van der Waals surface area contributed by atoms with E-state index in [9.17, 15) is 4.79 Å². The molecular formula is C15H19NO4. The van der Waals surface area contributed by atoms with Crippen molar-refractivity contribution in [2.45, 2.75) is 18.8 Å². The van der Waals surface area contributed by atoms with Crippen LogP contribution in [0.25, 0.3) is 0 Å². The second kappa shape index (κ2) is 6.24. The van der Waals surface area contributed by atoms with Gasteiger partial charge in [0.1, 0.15) is 12.5 Å². The molecule has 108 valence electrons. The lowest BCUT2D eigenvalue weighted by Crippen LogP contribution is -2.32. The highest BCUT2D eigenvalue weighted by Gasteiger charge is 2.30.